The van der Waals surface area contributed by atoms with Crippen LogP contribution >= 0.6 is 11.3 Å². The van der Waals surface area contributed by atoms with E-state index in [0.29, 0.717) is 17.4 Å². The molecule has 1 aliphatic rings. The van der Waals surface area contributed by atoms with Gasteiger partial charge >= 0.3 is 20.1 Å². The first-order valence-electron chi connectivity index (χ1n) is 21.3. The molecule has 58 heavy (non-hydrogen) atoms. The summed E-state index contributed by atoms with van der Waals surface area (Å²) in [6.45, 7) is 14.0. The van der Waals surface area contributed by atoms with Crippen LogP contribution in [0.25, 0.3) is 47.9 Å². The summed E-state index contributed by atoms with van der Waals surface area (Å²) in [5.74, 6) is 0.689. The standard InChI is InChI=1S/C37H32N2S.C15H18NSi.Ir/c1-23(2)29-21-27(25-12-6-5-7-13-25)22-30(24(3)4)36(29)39-33-16-10-9-15-32(33)38-37(39)26-18-19-35-31(20-26)28-14-8-11-17-34(28)40-35;1-12-5-7-13(8-6-12)15-10-9-14(11-16-15)17(2,3)4;/h5-17,19-24,37H,1-4H3;5-7,9-11H,1-4H3;/q-2;-1;+3/i;1D3;. The van der Waals surface area contributed by atoms with E-state index in [-0.39, 0.29) is 26.3 Å². The Labute approximate surface area is 367 Å². The van der Waals surface area contributed by atoms with Gasteiger partial charge in [0.25, 0.3) is 0 Å². The number of anilines is 2. The van der Waals surface area contributed by atoms with Crippen molar-refractivity contribution < 1.29 is 24.2 Å². The number of para-hydroxylation sites is 2. The molecule has 0 spiro atoms. The molecule has 0 amide bonds. The van der Waals surface area contributed by atoms with Crippen molar-refractivity contribution in [2.75, 3.05) is 4.90 Å². The largest absolute Gasteiger partial charge is 3.00 e. The molecular weight excluding hydrogens is 919 g/mol. The van der Waals surface area contributed by atoms with Crippen LogP contribution in [0.3, 0.4) is 0 Å². The van der Waals surface area contributed by atoms with E-state index in [9.17, 15) is 0 Å². The molecule has 9 rings (SSSR count). The van der Waals surface area contributed by atoms with E-state index in [1.165, 1.54) is 59.4 Å². The summed E-state index contributed by atoms with van der Waals surface area (Å²) in [4.78, 5) is 6.96. The number of hydrogen-bond donors (Lipinski definition) is 0. The first-order chi connectivity index (χ1) is 28.7. The smallest absolute Gasteiger partial charge is 0.661 e. The zero-order chi connectivity index (χ0) is 42.3. The van der Waals surface area contributed by atoms with Gasteiger partial charge in [0.15, 0.2) is 0 Å². The molecule has 1 atom stereocenters. The van der Waals surface area contributed by atoms with Crippen molar-refractivity contribution >= 4 is 61.8 Å². The Bertz CT molecular complexity index is 2690. The quantitative estimate of drug-likeness (QED) is 0.118. The molecule has 6 aromatic carbocycles. The SMILES string of the molecule is CC(C)c1cc(-c2ccccc2)cc(C(C)C)c1N1c2ccccc2[N-]C1c1[c-]cc2sc3ccccc3c2c1.[2H]C([2H])([2H])c1c[c-]c(-c2ccc([Si](C)(C)C)cn2)cc1.[Ir+3]. The van der Waals surface area contributed by atoms with Crippen LogP contribution in [-0.4, -0.2) is 13.1 Å². The Morgan fingerprint density at radius 3 is 2.09 bits per heavy atom. The summed E-state index contributed by atoms with van der Waals surface area (Å²) in [6.07, 6.45) is 1.74. The van der Waals surface area contributed by atoms with Crippen molar-refractivity contribution in [1.82, 2.24) is 4.98 Å². The fourth-order valence-electron chi connectivity index (χ4n) is 7.60. The minimum absolute atomic E-state index is 0. The third-order valence-corrected chi connectivity index (χ3v) is 13.9. The second-order valence-corrected chi connectivity index (χ2v) is 22.6. The zero-order valence-electron chi connectivity index (χ0n) is 37.1. The third-order valence-electron chi connectivity index (χ3n) is 10.7. The van der Waals surface area contributed by atoms with E-state index in [1.54, 1.807) is 12.1 Å². The second-order valence-electron chi connectivity index (χ2n) is 16.5. The van der Waals surface area contributed by atoms with Crippen LogP contribution in [0.15, 0.2) is 140 Å². The predicted molar refractivity (Wildman–Crippen MR) is 249 cm³/mol. The first-order valence-corrected chi connectivity index (χ1v) is 24.1. The first kappa shape index (κ1) is 37.4. The maximum Gasteiger partial charge on any atom is 3.00 e. The molecule has 1 aliphatic heterocycles. The molecule has 292 valence electrons. The number of aryl methyl sites for hydroxylation is 1. The summed E-state index contributed by atoms with van der Waals surface area (Å²) in [5, 5.41) is 9.23. The van der Waals surface area contributed by atoms with Gasteiger partial charge in [-0.05, 0) is 80.8 Å². The van der Waals surface area contributed by atoms with Crippen LogP contribution in [0, 0.1) is 19.0 Å². The van der Waals surface area contributed by atoms with Crippen LogP contribution in [-0.2, 0) is 20.1 Å². The van der Waals surface area contributed by atoms with E-state index in [0.717, 1.165) is 28.2 Å². The van der Waals surface area contributed by atoms with Crippen LogP contribution in [0.5, 0.6) is 0 Å². The van der Waals surface area contributed by atoms with Crippen molar-refractivity contribution in [3.63, 3.8) is 0 Å². The molecule has 3 heterocycles. The van der Waals surface area contributed by atoms with Gasteiger partial charge in [-0.1, -0.05) is 138 Å². The summed E-state index contributed by atoms with van der Waals surface area (Å²) >= 11 is 1.83. The molecule has 0 bridgehead atoms. The summed E-state index contributed by atoms with van der Waals surface area (Å²) < 4.78 is 24.6. The minimum Gasteiger partial charge on any atom is -0.661 e. The molecule has 3 nitrogen and oxygen atoms in total. The summed E-state index contributed by atoms with van der Waals surface area (Å²) in [7, 11) is -1.34. The van der Waals surface area contributed by atoms with Crippen molar-refractivity contribution in [3.8, 4) is 22.4 Å². The maximum atomic E-state index is 7.35. The molecule has 2 aromatic heterocycles. The van der Waals surface area contributed by atoms with Crippen molar-refractivity contribution in [2.45, 2.75) is 72.2 Å². The average Bonchev–Trinajstić information content (AvgIpc) is 3.81. The van der Waals surface area contributed by atoms with E-state index in [2.05, 4.69) is 179 Å². The number of pyridine rings is 1. The number of fused-ring (bicyclic) bond motifs is 4. The maximum absolute atomic E-state index is 7.35. The molecule has 0 saturated carbocycles. The normalized spacial score (nSPS) is 14.6. The molecule has 0 saturated heterocycles. The number of nitrogens with zero attached hydrogens (tertiary/aromatic N) is 3. The number of thiophene rings is 1. The van der Waals surface area contributed by atoms with E-state index in [1.807, 2.05) is 23.6 Å². The Balaban J connectivity index is 0.000000226. The summed E-state index contributed by atoms with van der Waals surface area (Å²) in [5.41, 5.74) is 11.8. The van der Waals surface area contributed by atoms with Gasteiger partial charge in [0.2, 0.25) is 0 Å². The molecule has 0 fully saturated rings. The zero-order valence-corrected chi connectivity index (χ0v) is 38.3. The number of aromatic nitrogens is 1. The molecule has 6 heteroatoms. The summed E-state index contributed by atoms with van der Waals surface area (Å²) in [6, 6.07) is 53.0. The molecule has 0 N–H and O–H groups in total. The predicted octanol–water partition coefficient (Wildman–Crippen LogP) is 15.0. The van der Waals surface area contributed by atoms with Gasteiger partial charge in [0.1, 0.15) is 0 Å². The molecule has 0 radical (unpaired) electrons. The number of rotatable bonds is 7. The Hall–Kier alpha value is -4.84. The van der Waals surface area contributed by atoms with Gasteiger partial charge in [-0.15, -0.1) is 46.5 Å². The van der Waals surface area contributed by atoms with Crippen molar-refractivity contribution in [1.29, 1.82) is 0 Å². The third kappa shape index (κ3) is 8.35. The van der Waals surface area contributed by atoms with Crippen LogP contribution in [0.4, 0.5) is 17.1 Å². The van der Waals surface area contributed by atoms with E-state index < -0.39 is 14.9 Å². The van der Waals surface area contributed by atoms with Crippen LogP contribution in [0.2, 0.25) is 19.6 Å². The molecule has 1 unspecified atom stereocenters. The number of hydrogen-bond acceptors (Lipinski definition) is 3. The minimum atomic E-state index is -2.08. The van der Waals surface area contributed by atoms with Crippen LogP contribution < -0.4 is 10.1 Å². The van der Waals surface area contributed by atoms with Gasteiger partial charge < -0.3 is 15.2 Å². The fourth-order valence-corrected chi connectivity index (χ4v) is 9.71. The van der Waals surface area contributed by atoms with Crippen molar-refractivity contribution in [3.05, 3.63) is 179 Å². The topological polar surface area (TPSA) is 30.2 Å². The van der Waals surface area contributed by atoms with Crippen LogP contribution in [0.1, 0.15) is 72.1 Å². The monoisotopic (exact) mass is 972 g/mol. The second kappa shape index (κ2) is 17.2. The van der Waals surface area contributed by atoms with Gasteiger partial charge in [-0.2, -0.15) is 23.8 Å². The van der Waals surface area contributed by atoms with E-state index in [4.69, 9.17) is 9.43 Å². The number of benzene rings is 6. The van der Waals surface area contributed by atoms with E-state index >= 15 is 0 Å². The van der Waals surface area contributed by atoms with Crippen molar-refractivity contribution in [2.24, 2.45) is 0 Å². The Morgan fingerprint density at radius 1 is 0.724 bits per heavy atom. The van der Waals surface area contributed by atoms with Gasteiger partial charge in [-0.25, -0.2) is 11.3 Å². The van der Waals surface area contributed by atoms with Gasteiger partial charge in [0, 0.05) is 26.4 Å². The molecular formula is C52H50IrN3SSi. The molecule has 0 aliphatic carbocycles. The van der Waals surface area contributed by atoms with Gasteiger partial charge in [0.05, 0.1) is 8.07 Å². The fraction of sp³-hybridized carbons (Fsp3) is 0.212. The molecule has 8 aromatic rings. The average molecular weight is 972 g/mol. The van der Waals surface area contributed by atoms with Gasteiger partial charge in [-0.3, -0.25) is 0 Å². The Morgan fingerprint density at radius 2 is 1.43 bits per heavy atom. The Kier molecular flexibility index (Phi) is 11.1.